The number of carbonyl (C=O) groups excluding carboxylic acids is 1. The van der Waals surface area contributed by atoms with Crippen LogP contribution in [-0.4, -0.2) is 40.1 Å². The van der Waals surface area contributed by atoms with E-state index < -0.39 is 18.2 Å². The van der Waals surface area contributed by atoms with E-state index in [1.165, 1.54) is 37.5 Å². The van der Waals surface area contributed by atoms with Crippen molar-refractivity contribution >= 4 is 12.2 Å². The van der Waals surface area contributed by atoms with Crippen molar-refractivity contribution in [3.8, 4) is 22.4 Å². The number of hydrogen-bond acceptors (Lipinski definition) is 4. The molecule has 0 saturated heterocycles. The van der Waals surface area contributed by atoms with Crippen molar-refractivity contribution in [2.45, 2.75) is 44.8 Å². The molecule has 2 N–H and O–H groups in total. The topological polar surface area (TPSA) is 71.7 Å². The van der Waals surface area contributed by atoms with Crippen LogP contribution in [0.4, 0.5) is 8.78 Å². The summed E-state index contributed by atoms with van der Waals surface area (Å²) < 4.78 is 33.7. The second-order valence-corrected chi connectivity index (χ2v) is 8.45. The van der Waals surface area contributed by atoms with E-state index in [2.05, 4.69) is 4.74 Å². The number of aromatic nitrogens is 1. The third-order valence-electron chi connectivity index (χ3n) is 5.53. The van der Waals surface area contributed by atoms with Crippen LogP contribution in [0.5, 0.6) is 0 Å². The Bertz CT molecular complexity index is 1130. The van der Waals surface area contributed by atoms with E-state index in [1.807, 2.05) is 24.5 Å². The van der Waals surface area contributed by atoms with Gasteiger partial charge in [0.15, 0.2) is 0 Å². The zero-order valence-corrected chi connectivity index (χ0v) is 19.4. The first kappa shape index (κ1) is 25.3. The first-order valence-corrected chi connectivity index (χ1v) is 11.1. The number of ether oxygens (including phenoxy) is 1. The summed E-state index contributed by atoms with van der Waals surface area (Å²) in [5, 5.41) is 20.5. The molecule has 0 aliphatic heterocycles. The fourth-order valence-corrected chi connectivity index (χ4v) is 3.80. The molecule has 34 heavy (non-hydrogen) atoms. The van der Waals surface area contributed by atoms with Gasteiger partial charge in [-0.2, -0.15) is 0 Å². The van der Waals surface area contributed by atoms with E-state index >= 15 is 0 Å². The van der Waals surface area contributed by atoms with Crippen LogP contribution in [0.3, 0.4) is 0 Å². The average molecular weight is 470 g/mol. The van der Waals surface area contributed by atoms with Gasteiger partial charge in [0.1, 0.15) is 11.6 Å². The Labute approximate surface area is 197 Å². The molecular formula is C27H29F2NO4. The Morgan fingerprint density at radius 3 is 2.09 bits per heavy atom. The molecule has 0 bridgehead atoms. The Kier molecular flexibility index (Phi) is 8.36. The van der Waals surface area contributed by atoms with E-state index in [0.29, 0.717) is 0 Å². The van der Waals surface area contributed by atoms with E-state index in [0.717, 1.165) is 28.1 Å². The van der Waals surface area contributed by atoms with Crippen LogP contribution in [0.2, 0.25) is 0 Å². The maximum absolute atomic E-state index is 13.6. The van der Waals surface area contributed by atoms with Gasteiger partial charge in [0.05, 0.1) is 31.4 Å². The molecular weight excluding hydrogens is 440 g/mol. The fraction of sp³-hybridized carbons (Fsp3) is 0.296. The molecule has 5 nitrogen and oxygen atoms in total. The van der Waals surface area contributed by atoms with Gasteiger partial charge in [-0.1, -0.05) is 26.0 Å². The van der Waals surface area contributed by atoms with Crippen LogP contribution in [0.1, 0.15) is 38.3 Å². The average Bonchev–Trinajstić information content (AvgIpc) is 3.18. The summed E-state index contributed by atoms with van der Waals surface area (Å²) in [7, 11) is 1.24. The minimum absolute atomic E-state index is 0.0411. The van der Waals surface area contributed by atoms with Gasteiger partial charge in [0.2, 0.25) is 0 Å². The molecule has 7 heteroatoms. The van der Waals surface area contributed by atoms with E-state index in [9.17, 15) is 23.8 Å². The molecule has 0 aliphatic rings. The molecule has 1 aromatic heterocycles. The number of rotatable bonds is 9. The van der Waals surface area contributed by atoms with Crippen LogP contribution < -0.4 is 0 Å². The van der Waals surface area contributed by atoms with Gasteiger partial charge in [-0.05, 0) is 65.6 Å². The zero-order chi connectivity index (χ0) is 24.8. The molecule has 0 aliphatic carbocycles. The number of carbonyl (C=O) groups is 1. The van der Waals surface area contributed by atoms with Crippen LogP contribution in [0.25, 0.3) is 28.6 Å². The zero-order valence-electron chi connectivity index (χ0n) is 19.4. The molecule has 0 radical (unpaired) electrons. The first-order valence-electron chi connectivity index (χ1n) is 11.1. The van der Waals surface area contributed by atoms with Crippen molar-refractivity contribution in [1.82, 2.24) is 4.57 Å². The van der Waals surface area contributed by atoms with Crippen LogP contribution >= 0.6 is 0 Å². The Morgan fingerprint density at radius 2 is 1.56 bits per heavy atom. The summed E-state index contributed by atoms with van der Waals surface area (Å²) in [4.78, 5) is 11.4. The highest BCUT2D eigenvalue weighted by Gasteiger charge is 2.20. The molecule has 0 amide bonds. The lowest BCUT2D eigenvalue weighted by molar-refractivity contribution is -0.143. The normalized spacial score (nSPS) is 13.4. The lowest BCUT2D eigenvalue weighted by Gasteiger charge is -2.15. The second kappa shape index (κ2) is 11.2. The number of methoxy groups -OCH3 is 1. The van der Waals surface area contributed by atoms with Crippen molar-refractivity contribution in [2.75, 3.05) is 7.11 Å². The minimum atomic E-state index is -1.05. The van der Waals surface area contributed by atoms with Gasteiger partial charge in [-0.25, -0.2) is 8.78 Å². The summed E-state index contributed by atoms with van der Waals surface area (Å²) in [5.41, 5.74) is 4.06. The highest BCUT2D eigenvalue weighted by atomic mass is 19.1. The lowest BCUT2D eigenvalue weighted by Crippen LogP contribution is -2.20. The van der Waals surface area contributed by atoms with Crippen molar-refractivity contribution in [1.29, 1.82) is 0 Å². The standard InChI is InChI=1S/C27H29F2NO4/c1-17(2)25-16-24(18-4-8-20(28)9-5-18)27(19-6-10-21(29)11-7-19)30(25)13-12-22(31)14-23(32)15-26(33)34-3/h4-13,16-17,22-23,31-32H,14-15H2,1-3H3/b13-12+. The number of aliphatic hydroxyl groups is 2. The molecule has 0 saturated carbocycles. The maximum Gasteiger partial charge on any atom is 0.308 e. The first-order chi connectivity index (χ1) is 16.2. The van der Waals surface area contributed by atoms with Crippen molar-refractivity contribution in [3.05, 3.63) is 78.0 Å². The predicted octanol–water partition coefficient (Wildman–Crippen LogP) is 5.37. The second-order valence-electron chi connectivity index (χ2n) is 8.45. The molecule has 0 spiro atoms. The van der Waals surface area contributed by atoms with Crippen LogP contribution in [0.15, 0.2) is 60.7 Å². The molecule has 3 rings (SSSR count). The number of halogens is 2. The SMILES string of the molecule is COC(=O)CC(O)CC(O)/C=C/n1c(C(C)C)cc(-c2ccc(F)cc2)c1-c1ccc(F)cc1. The Balaban J connectivity index is 2.05. The summed E-state index contributed by atoms with van der Waals surface area (Å²) >= 11 is 0. The predicted molar refractivity (Wildman–Crippen MR) is 128 cm³/mol. The fourth-order valence-electron chi connectivity index (χ4n) is 3.80. The van der Waals surface area contributed by atoms with Gasteiger partial charge >= 0.3 is 5.97 Å². The van der Waals surface area contributed by atoms with Crippen LogP contribution in [-0.2, 0) is 9.53 Å². The maximum atomic E-state index is 13.6. The monoisotopic (exact) mass is 469 g/mol. The quantitative estimate of drug-likeness (QED) is 0.414. The van der Waals surface area contributed by atoms with Gasteiger partial charge in [0, 0.05) is 23.9 Å². The molecule has 0 fully saturated rings. The third-order valence-corrected chi connectivity index (χ3v) is 5.53. The summed E-state index contributed by atoms with van der Waals surface area (Å²) in [6.07, 6.45) is 0.924. The molecule has 180 valence electrons. The highest BCUT2D eigenvalue weighted by Crippen LogP contribution is 2.38. The number of benzene rings is 2. The number of esters is 1. The van der Waals surface area contributed by atoms with E-state index in [-0.39, 0.29) is 30.4 Å². The number of hydrogen-bond donors (Lipinski definition) is 2. The van der Waals surface area contributed by atoms with Crippen LogP contribution in [0, 0.1) is 11.6 Å². The smallest absolute Gasteiger partial charge is 0.308 e. The van der Waals surface area contributed by atoms with Gasteiger partial charge in [-0.3, -0.25) is 4.79 Å². The molecule has 1 heterocycles. The van der Waals surface area contributed by atoms with Crippen molar-refractivity contribution in [2.24, 2.45) is 0 Å². The number of aliphatic hydroxyl groups excluding tert-OH is 2. The summed E-state index contributed by atoms with van der Waals surface area (Å²) in [6, 6.07) is 14.2. The van der Waals surface area contributed by atoms with Gasteiger partial charge < -0.3 is 19.5 Å². The molecule has 2 aromatic carbocycles. The van der Waals surface area contributed by atoms with Crippen molar-refractivity contribution < 1.29 is 28.5 Å². The van der Waals surface area contributed by atoms with E-state index in [4.69, 9.17) is 0 Å². The largest absolute Gasteiger partial charge is 0.469 e. The number of nitrogens with zero attached hydrogens (tertiary/aromatic N) is 1. The lowest BCUT2D eigenvalue weighted by atomic mass is 10.0. The summed E-state index contributed by atoms with van der Waals surface area (Å²) in [6.45, 7) is 4.05. The third kappa shape index (κ3) is 6.18. The van der Waals surface area contributed by atoms with E-state index in [1.54, 1.807) is 30.5 Å². The van der Waals surface area contributed by atoms with Gasteiger partial charge in [-0.15, -0.1) is 0 Å². The highest BCUT2D eigenvalue weighted by molar-refractivity contribution is 5.84. The van der Waals surface area contributed by atoms with Gasteiger partial charge in [0.25, 0.3) is 0 Å². The van der Waals surface area contributed by atoms with Crippen molar-refractivity contribution in [3.63, 3.8) is 0 Å². The molecule has 3 aromatic rings. The summed E-state index contributed by atoms with van der Waals surface area (Å²) in [5.74, 6) is -1.16. The molecule has 2 atom stereocenters. The molecule has 2 unspecified atom stereocenters. The Hall–Kier alpha value is -3.29. The minimum Gasteiger partial charge on any atom is -0.469 e. The Morgan fingerprint density at radius 1 is 1.00 bits per heavy atom.